The standard InChI is InChI=1S/C8H17NS/c1-2-10-7-8-4-3-5-9-6-8/h8-9H,2-7H2,1H3/t8-/m1/s1. The lowest BCUT2D eigenvalue weighted by atomic mass is 10.0. The summed E-state index contributed by atoms with van der Waals surface area (Å²) in [5.41, 5.74) is 0. The SMILES string of the molecule is CCSC[C@@H]1CCCNC1. The molecule has 1 saturated heterocycles. The molecule has 2 heteroatoms. The summed E-state index contributed by atoms with van der Waals surface area (Å²) >= 11 is 2.07. The Labute approximate surface area is 68.0 Å². The van der Waals surface area contributed by atoms with E-state index in [1.54, 1.807) is 0 Å². The maximum atomic E-state index is 3.43. The molecule has 0 aromatic rings. The second-order valence-corrected chi connectivity index (χ2v) is 4.19. The number of nitrogens with one attached hydrogen (secondary N) is 1. The zero-order chi connectivity index (χ0) is 7.23. The van der Waals surface area contributed by atoms with Gasteiger partial charge in [-0.25, -0.2) is 0 Å². The molecule has 1 fully saturated rings. The molecule has 0 aromatic heterocycles. The normalized spacial score (nSPS) is 26.7. The topological polar surface area (TPSA) is 12.0 Å². The Morgan fingerprint density at radius 2 is 2.50 bits per heavy atom. The first-order chi connectivity index (χ1) is 4.93. The van der Waals surface area contributed by atoms with Gasteiger partial charge in [-0.3, -0.25) is 0 Å². The third-order valence-electron chi connectivity index (χ3n) is 1.96. The van der Waals surface area contributed by atoms with E-state index < -0.39 is 0 Å². The maximum Gasteiger partial charge on any atom is -0.00126 e. The molecule has 0 aromatic carbocycles. The van der Waals surface area contributed by atoms with E-state index in [0.29, 0.717) is 0 Å². The largest absolute Gasteiger partial charge is 0.316 e. The molecule has 60 valence electrons. The van der Waals surface area contributed by atoms with Crippen LogP contribution in [0.3, 0.4) is 0 Å². The van der Waals surface area contributed by atoms with Crippen LogP contribution in [0, 0.1) is 5.92 Å². The molecule has 0 saturated carbocycles. The molecule has 1 heterocycles. The number of hydrogen-bond acceptors (Lipinski definition) is 2. The van der Waals surface area contributed by atoms with E-state index in [1.807, 2.05) is 0 Å². The van der Waals surface area contributed by atoms with Gasteiger partial charge in [-0.2, -0.15) is 11.8 Å². The van der Waals surface area contributed by atoms with Crippen molar-refractivity contribution in [2.75, 3.05) is 24.6 Å². The minimum atomic E-state index is 0.957. The highest BCUT2D eigenvalue weighted by Gasteiger charge is 2.11. The van der Waals surface area contributed by atoms with Crippen molar-refractivity contribution in [3.8, 4) is 0 Å². The van der Waals surface area contributed by atoms with Gasteiger partial charge < -0.3 is 5.32 Å². The Kier molecular flexibility index (Phi) is 4.23. The molecule has 0 aliphatic carbocycles. The Morgan fingerprint density at radius 1 is 1.60 bits per heavy atom. The van der Waals surface area contributed by atoms with Crippen LogP contribution in [0.1, 0.15) is 19.8 Å². The van der Waals surface area contributed by atoms with Crippen molar-refractivity contribution in [1.29, 1.82) is 0 Å². The van der Waals surface area contributed by atoms with E-state index >= 15 is 0 Å². The Morgan fingerprint density at radius 3 is 3.10 bits per heavy atom. The molecular weight excluding hydrogens is 142 g/mol. The zero-order valence-electron chi connectivity index (χ0n) is 6.73. The molecule has 0 radical (unpaired) electrons. The first-order valence-corrected chi connectivity index (χ1v) is 5.37. The number of hydrogen-bond donors (Lipinski definition) is 1. The predicted molar refractivity (Wildman–Crippen MR) is 48.6 cm³/mol. The molecule has 0 bridgehead atoms. The Balaban J connectivity index is 2.02. The van der Waals surface area contributed by atoms with Gasteiger partial charge in [0.05, 0.1) is 0 Å². The van der Waals surface area contributed by atoms with Gasteiger partial charge in [-0.05, 0) is 43.4 Å². The first kappa shape index (κ1) is 8.41. The molecule has 1 N–H and O–H groups in total. The molecule has 1 rings (SSSR count). The van der Waals surface area contributed by atoms with Gasteiger partial charge in [-0.15, -0.1) is 0 Å². The van der Waals surface area contributed by atoms with Crippen molar-refractivity contribution in [3.05, 3.63) is 0 Å². The van der Waals surface area contributed by atoms with E-state index in [2.05, 4.69) is 24.0 Å². The van der Waals surface area contributed by atoms with Crippen LogP contribution in [0.25, 0.3) is 0 Å². The fourth-order valence-electron chi connectivity index (χ4n) is 1.35. The van der Waals surface area contributed by atoms with E-state index in [4.69, 9.17) is 0 Å². The van der Waals surface area contributed by atoms with Crippen molar-refractivity contribution in [2.24, 2.45) is 5.92 Å². The molecule has 1 atom stereocenters. The van der Waals surface area contributed by atoms with Gasteiger partial charge in [0.1, 0.15) is 0 Å². The van der Waals surface area contributed by atoms with Gasteiger partial charge in [0, 0.05) is 0 Å². The monoisotopic (exact) mass is 159 g/mol. The van der Waals surface area contributed by atoms with Crippen LogP contribution in [0.5, 0.6) is 0 Å². The van der Waals surface area contributed by atoms with Crippen molar-refractivity contribution < 1.29 is 0 Å². The van der Waals surface area contributed by atoms with Gasteiger partial charge in [0.2, 0.25) is 0 Å². The van der Waals surface area contributed by atoms with Crippen molar-refractivity contribution in [3.63, 3.8) is 0 Å². The summed E-state index contributed by atoms with van der Waals surface area (Å²) in [6, 6.07) is 0. The van der Waals surface area contributed by atoms with E-state index in [-0.39, 0.29) is 0 Å². The van der Waals surface area contributed by atoms with Crippen LogP contribution >= 0.6 is 11.8 Å². The second kappa shape index (κ2) is 5.03. The molecule has 10 heavy (non-hydrogen) atoms. The third kappa shape index (κ3) is 2.93. The number of rotatable bonds is 3. The van der Waals surface area contributed by atoms with Crippen LogP contribution in [0.15, 0.2) is 0 Å². The minimum Gasteiger partial charge on any atom is -0.316 e. The summed E-state index contributed by atoms with van der Waals surface area (Å²) in [5, 5.41) is 3.43. The van der Waals surface area contributed by atoms with Gasteiger partial charge in [-0.1, -0.05) is 6.92 Å². The lowest BCUT2D eigenvalue weighted by Gasteiger charge is -2.21. The average molecular weight is 159 g/mol. The highest BCUT2D eigenvalue weighted by Crippen LogP contribution is 2.15. The Hall–Kier alpha value is 0.310. The van der Waals surface area contributed by atoms with Crippen LogP contribution in [0.2, 0.25) is 0 Å². The van der Waals surface area contributed by atoms with E-state index in [9.17, 15) is 0 Å². The summed E-state index contributed by atoms with van der Waals surface area (Å²) in [6.07, 6.45) is 2.83. The highest BCUT2D eigenvalue weighted by molar-refractivity contribution is 7.99. The van der Waals surface area contributed by atoms with Crippen LogP contribution in [-0.4, -0.2) is 24.6 Å². The first-order valence-electron chi connectivity index (χ1n) is 4.22. The average Bonchev–Trinajstić information content (AvgIpc) is 2.03. The van der Waals surface area contributed by atoms with E-state index in [1.165, 1.54) is 37.4 Å². The fraction of sp³-hybridized carbons (Fsp3) is 1.00. The van der Waals surface area contributed by atoms with Gasteiger partial charge >= 0.3 is 0 Å². The molecule has 0 amide bonds. The van der Waals surface area contributed by atoms with Crippen molar-refractivity contribution in [1.82, 2.24) is 5.32 Å². The summed E-state index contributed by atoms with van der Waals surface area (Å²) in [7, 11) is 0. The van der Waals surface area contributed by atoms with Crippen LogP contribution < -0.4 is 5.32 Å². The van der Waals surface area contributed by atoms with Crippen LogP contribution in [-0.2, 0) is 0 Å². The summed E-state index contributed by atoms with van der Waals surface area (Å²) < 4.78 is 0. The summed E-state index contributed by atoms with van der Waals surface area (Å²) in [6.45, 7) is 4.74. The second-order valence-electron chi connectivity index (χ2n) is 2.87. The van der Waals surface area contributed by atoms with Gasteiger partial charge in [0.25, 0.3) is 0 Å². The van der Waals surface area contributed by atoms with Crippen molar-refractivity contribution in [2.45, 2.75) is 19.8 Å². The van der Waals surface area contributed by atoms with E-state index in [0.717, 1.165) is 5.92 Å². The molecule has 1 nitrogen and oxygen atoms in total. The smallest absolute Gasteiger partial charge is 0.00126 e. The Bertz CT molecular complexity index is 79.3. The number of thioether (sulfide) groups is 1. The molecule has 0 spiro atoms. The minimum absolute atomic E-state index is 0.957. The highest BCUT2D eigenvalue weighted by atomic mass is 32.2. The van der Waals surface area contributed by atoms with Crippen molar-refractivity contribution >= 4 is 11.8 Å². The lowest BCUT2D eigenvalue weighted by Crippen LogP contribution is -2.30. The van der Waals surface area contributed by atoms with Crippen LogP contribution in [0.4, 0.5) is 0 Å². The summed E-state index contributed by atoms with van der Waals surface area (Å²) in [5.74, 6) is 3.60. The number of piperidine rings is 1. The van der Waals surface area contributed by atoms with Gasteiger partial charge in [0.15, 0.2) is 0 Å². The lowest BCUT2D eigenvalue weighted by molar-refractivity contribution is 0.410. The quantitative estimate of drug-likeness (QED) is 0.673. The zero-order valence-corrected chi connectivity index (χ0v) is 7.54. The predicted octanol–water partition coefficient (Wildman–Crippen LogP) is 1.74. The maximum absolute atomic E-state index is 3.43. The molecule has 0 unspecified atom stereocenters. The molecule has 1 aliphatic heterocycles. The summed E-state index contributed by atoms with van der Waals surface area (Å²) in [4.78, 5) is 0. The third-order valence-corrected chi connectivity index (χ3v) is 3.07. The fourth-order valence-corrected chi connectivity index (χ4v) is 2.20. The molecular formula is C8H17NS. The molecule has 1 aliphatic rings.